The average molecular weight is 407 g/mol. The van der Waals surface area contributed by atoms with E-state index < -0.39 is 10.0 Å². The molecule has 5 nitrogen and oxygen atoms in total. The molecule has 1 aromatic heterocycles. The number of sulfonamides is 1. The van der Waals surface area contributed by atoms with Gasteiger partial charge in [0.15, 0.2) is 0 Å². The highest BCUT2D eigenvalue weighted by Crippen LogP contribution is 2.56. The Morgan fingerprint density at radius 2 is 1.78 bits per heavy atom. The lowest BCUT2D eigenvalue weighted by Gasteiger charge is -2.56. The molecule has 7 heteroatoms. The molecule has 0 unspecified atom stereocenters. The van der Waals surface area contributed by atoms with Crippen molar-refractivity contribution in [2.45, 2.75) is 68.8 Å². The normalized spacial score (nSPS) is 32.4. The van der Waals surface area contributed by atoms with E-state index in [0.29, 0.717) is 24.3 Å². The number of fused-ring (bicyclic) bond motifs is 1. The van der Waals surface area contributed by atoms with Crippen LogP contribution in [-0.4, -0.2) is 18.5 Å². The highest BCUT2D eigenvalue weighted by Gasteiger charge is 2.52. The molecule has 27 heavy (non-hydrogen) atoms. The van der Waals surface area contributed by atoms with Gasteiger partial charge in [-0.2, -0.15) is 0 Å². The van der Waals surface area contributed by atoms with Crippen LogP contribution in [0.4, 0.5) is 0 Å². The SMILES string of the molecule is CCCn1c(=O)sc2cc(S(=O)(=O)NC34CC5CC(CC(C5)C3)C4)ccc21. The minimum Gasteiger partial charge on any atom is -0.299 e. The Bertz CT molecular complexity index is 1020. The monoisotopic (exact) mass is 406 g/mol. The summed E-state index contributed by atoms with van der Waals surface area (Å²) in [5.74, 6) is 2.07. The fourth-order valence-corrected chi connectivity index (χ4v) is 8.72. The second-order valence-electron chi connectivity index (χ2n) is 8.95. The van der Waals surface area contributed by atoms with Crippen molar-refractivity contribution in [1.29, 1.82) is 0 Å². The highest BCUT2D eigenvalue weighted by atomic mass is 32.2. The van der Waals surface area contributed by atoms with Crippen molar-refractivity contribution < 1.29 is 8.42 Å². The topological polar surface area (TPSA) is 68.2 Å². The second-order valence-corrected chi connectivity index (χ2v) is 11.6. The van der Waals surface area contributed by atoms with Crippen LogP contribution in [-0.2, 0) is 16.6 Å². The van der Waals surface area contributed by atoms with Crippen LogP contribution in [0.25, 0.3) is 10.2 Å². The van der Waals surface area contributed by atoms with Gasteiger partial charge in [0.1, 0.15) is 0 Å². The molecule has 0 saturated heterocycles. The van der Waals surface area contributed by atoms with E-state index in [9.17, 15) is 13.2 Å². The Hall–Kier alpha value is -1.18. The summed E-state index contributed by atoms with van der Waals surface area (Å²) in [6.07, 6.45) is 7.69. The molecule has 146 valence electrons. The Kier molecular flexibility index (Phi) is 4.08. The standard InChI is InChI=1S/C20H26N2O3S2/c1-2-5-22-17-4-3-16(9-18(17)26-19(22)23)27(24,25)21-20-10-13-6-14(11-20)8-15(7-13)12-20/h3-4,9,13-15,21H,2,5-8,10-12H2,1H3. The van der Waals surface area contributed by atoms with Gasteiger partial charge in [-0.1, -0.05) is 18.3 Å². The van der Waals surface area contributed by atoms with Crippen molar-refractivity contribution >= 4 is 31.6 Å². The maximum absolute atomic E-state index is 13.2. The number of hydrogen-bond acceptors (Lipinski definition) is 4. The van der Waals surface area contributed by atoms with Gasteiger partial charge in [-0.15, -0.1) is 0 Å². The van der Waals surface area contributed by atoms with Gasteiger partial charge in [0.2, 0.25) is 10.0 Å². The molecule has 0 spiro atoms. The molecule has 1 N–H and O–H groups in total. The third kappa shape index (κ3) is 2.98. The maximum atomic E-state index is 13.2. The Morgan fingerprint density at radius 1 is 1.15 bits per heavy atom. The maximum Gasteiger partial charge on any atom is 0.308 e. The smallest absolute Gasteiger partial charge is 0.299 e. The van der Waals surface area contributed by atoms with Crippen LogP contribution in [0.2, 0.25) is 0 Å². The molecule has 4 saturated carbocycles. The van der Waals surface area contributed by atoms with Gasteiger partial charge in [-0.05, 0) is 80.9 Å². The van der Waals surface area contributed by atoms with E-state index in [1.165, 1.54) is 19.3 Å². The molecule has 0 radical (unpaired) electrons. The van der Waals surface area contributed by atoms with Gasteiger partial charge in [-0.25, -0.2) is 13.1 Å². The summed E-state index contributed by atoms with van der Waals surface area (Å²) >= 11 is 1.13. The fraction of sp³-hybridized carbons (Fsp3) is 0.650. The third-order valence-corrected chi connectivity index (χ3v) is 9.30. The van der Waals surface area contributed by atoms with E-state index in [1.54, 1.807) is 22.8 Å². The second kappa shape index (κ2) is 6.16. The molecule has 0 aliphatic heterocycles. The van der Waals surface area contributed by atoms with Gasteiger partial charge < -0.3 is 0 Å². The van der Waals surface area contributed by atoms with Gasteiger partial charge in [-0.3, -0.25) is 9.36 Å². The fourth-order valence-electron chi connectivity index (χ4n) is 6.23. The summed E-state index contributed by atoms with van der Waals surface area (Å²) in [4.78, 5) is 12.5. The van der Waals surface area contributed by atoms with Crippen LogP contribution in [0.3, 0.4) is 0 Å². The lowest BCUT2D eigenvalue weighted by molar-refractivity contribution is -0.00810. The molecular formula is C20H26N2O3S2. The van der Waals surface area contributed by atoms with Crippen LogP contribution in [0.1, 0.15) is 51.9 Å². The molecule has 4 aliphatic carbocycles. The van der Waals surface area contributed by atoms with Crippen LogP contribution in [0.5, 0.6) is 0 Å². The molecule has 1 heterocycles. The van der Waals surface area contributed by atoms with Crippen LogP contribution >= 0.6 is 11.3 Å². The number of thiazole rings is 1. The number of nitrogens with zero attached hydrogens (tertiary/aromatic N) is 1. The molecule has 6 rings (SSSR count). The van der Waals surface area contributed by atoms with Crippen molar-refractivity contribution in [3.63, 3.8) is 0 Å². The minimum atomic E-state index is -3.58. The third-order valence-electron chi connectivity index (χ3n) is 6.79. The van der Waals surface area contributed by atoms with Crippen molar-refractivity contribution in [3.05, 3.63) is 27.9 Å². The highest BCUT2D eigenvalue weighted by molar-refractivity contribution is 7.89. The number of hydrogen-bond donors (Lipinski definition) is 1. The Labute approximate surface area is 163 Å². The molecular weight excluding hydrogens is 380 g/mol. The molecule has 4 fully saturated rings. The summed E-state index contributed by atoms with van der Waals surface area (Å²) in [7, 11) is -3.58. The predicted octanol–water partition coefficient (Wildman–Crippen LogP) is 3.72. The summed E-state index contributed by atoms with van der Waals surface area (Å²) in [6.45, 7) is 2.70. The van der Waals surface area contributed by atoms with E-state index in [0.717, 1.165) is 47.2 Å². The number of rotatable bonds is 5. The van der Waals surface area contributed by atoms with E-state index >= 15 is 0 Å². The number of aryl methyl sites for hydroxylation is 1. The molecule has 4 aliphatic rings. The summed E-state index contributed by atoms with van der Waals surface area (Å²) in [5.41, 5.74) is 0.588. The van der Waals surface area contributed by atoms with Gasteiger partial charge in [0.25, 0.3) is 0 Å². The molecule has 0 atom stereocenters. The van der Waals surface area contributed by atoms with E-state index in [-0.39, 0.29) is 15.3 Å². The van der Waals surface area contributed by atoms with E-state index in [2.05, 4.69) is 4.72 Å². The van der Waals surface area contributed by atoms with Crippen LogP contribution in [0, 0.1) is 17.8 Å². The lowest BCUT2D eigenvalue weighted by Crippen LogP contribution is -2.59. The summed E-state index contributed by atoms with van der Waals surface area (Å²) < 4.78 is 32.0. The van der Waals surface area contributed by atoms with E-state index in [4.69, 9.17) is 0 Å². The zero-order valence-corrected chi connectivity index (χ0v) is 17.2. The Morgan fingerprint density at radius 3 is 2.37 bits per heavy atom. The molecule has 0 amide bonds. The van der Waals surface area contributed by atoms with Crippen molar-refractivity contribution in [1.82, 2.24) is 9.29 Å². The molecule has 4 bridgehead atoms. The quantitative estimate of drug-likeness (QED) is 0.823. The molecule has 2 aromatic rings. The number of aromatic nitrogens is 1. The zero-order valence-electron chi connectivity index (χ0n) is 15.6. The first-order chi connectivity index (χ1) is 12.9. The Balaban J connectivity index is 1.48. The van der Waals surface area contributed by atoms with Crippen molar-refractivity contribution in [3.8, 4) is 0 Å². The van der Waals surface area contributed by atoms with E-state index in [1.807, 2.05) is 6.92 Å². The van der Waals surface area contributed by atoms with Crippen molar-refractivity contribution in [2.75, 3.05) is 0 Å². The zero-order chi connectivity index (χ0) is 18.8. The first-order valence-electron chi connectivity index (χ1n) is 10.0. The van der Waals surface area contributed by atoms with Gasteiger partial charge in [0.05, 0.1) is 15.1 Å². The lowest BCUT2D eigenvalue weighted by atomic mass is 9.53. The van der Waals surface area contributed by atoms with Crippen molar-refractivity contribution in [2.24, 2.45) is 17.8 Å². The number of nitrogens with one attached hydrogen (secondary N) is 1. The largest absolute Gasteiger partial charge is 0.308 e. The number of benzene rings is 1. The molecule has 1 aromatic carbocycles. The average Bonchev–Trinajstić information content (AvgIpc) is 2.88. The first-order valence-corrected chi connectivity index (χ1v) is 12.3. The van der Waals surface area contributed by atoms with Crippen LogP contribution < -0.4 is 9.60 Å². The summed E-state index contributed by atoms with van der Waals surface area (Å²) in [5, 5.41) is 0. The predicted molar refractivity (Wildman–Crippen MR) is 108 cm³/mol. The van der Waals surface area contributed by atoms with Crippen LogP contribution in [0.15, 0.2) is 27.9 Å². The summed E-state index contributed by atoms with van der Waals surface area (Å²) in [6, 6.07) is 5.12. The van der Waals surface area contributed by atoms with Gasteiger partial charge >= 0.3 is 4.87 Å². The first kappa shape index (κ1) is 17.9. The minimum absolute atomic E-state index is 0.0181. The van der Waals surface area contributed by atoms with Gasteiger partial charge in [0, 0.05) is 12.1 Å².